The van der Waals surface area contributed by atoms with Crippen LogP contribution in [0.4, 0.5) is 4.79 Å². The fourth-order valence-corrected chi connectivity index (χ4v) is 0. The summed E-state index contributed by atoms with van der Waals surface area (Å²) in [6, 6.07) is 0. The largest absolute Gasteiger partial charge is 0.503 e. The SMILES string of the molecule is O=C(O)O.[Ba].[Ba]. The summed E-state index contributed by atoms with van der Waals surface area (Å²) in [5, 5.41) is 13.9. The van der Waals surface area contributed by atoms with Gasteiger partial charge in [-0.05, 0) is 0 Å². The molecular formula is CH2Ba2O3. The quantitative estimate of drug-likeness (QED) is 0.584. The molecule has 0 bridgehead atoms. The summed E-state index contributed by atoms with van der Waals surface area (Å²) in [4.78, 5) is 8.56. The van der Waals surface area contributed by atoms with Gasteiger partial charge in [0.25, 0.3) is 0 Å². The summed E-state index contributed by atoms with van der Waals surface area (Å²) >= 11 is 0. The van der Waals surface area contributed by atoms with E-state index in [2.05, 4.69) is 0 Å². The van der Waals surface area contributed by atoms with Crippen LogP contribution in [-0.4, -0.2) is 114 Å². The predicted octanol–water partition coefficient (Wildman–Crippen LogP) is -0.539. The smallest absolute Gasteiger partial charge is 0.450 e. The van der Waals surface area contributed by atoms with E-state index in [0.29, 0.717) is 0 Å². The minimum absolute atomic E-state index is 0. The Morgan fingerprint density at radius 3 is 1.17 bits per heavy atom. The molecule has 0 fully saturated rings. The first kappa shape index (κ1) is 15.8. The molecule has 0 aliphatic rings. The van der Waals surface area contributed by atoms with E-state index in [1.165, 1.54) is 0 Å². The van der Waals surface area contributed by atoms with Gasteiger partial charge in [-0.25, -0.2) is 4.79 Å². The third kappa shape index (κ3) is 32.3. The minimum atomic E-state index is -1.83. The first-order chi connectivity index (χ1) is 1.73. The maximum absolute atomic E-state index is 8.56. The van der Waals surface area contributed by atoms with E-state index in [1.54, 1.807) is 0 Å². The molecule has 2 N–H and O–H groups in total. The maximum atomic E-state index is 8.56. The summed E-state index contributed by atoms with van der Waals surface area (Å²) in [7, 11) is 0. The molecule has 28 valence electrons. The van der Waals surface area contributed by atoms with Gasteiger partial charge in [-0.3, -0.25) is 0 Å². The van der Waals surface area contributed by atoms with Crippen LogP contribution in [0.1, 0.15) is 0 Å². The van der Waals surface area contributed by atoms with Crippen LogP contribution in [0, 0.1) is 0 Å². The summed E-state index contributed by atoms with van der Waals surface area (Å²) < 4.78 is 0. The van der Waals surface area contributed by atoms with Gasteiger partial charge >= 0.3 is 6.16 Å². The monoisotopic (exact) mass is 338 g/mol. The predicted molar refractivity (Wildman–Crippen MR) is 22.2 cm³/mol. The molecule has 0 aromatic rings. The molecule has 0 unspecified atom stereocenters. The number of carbonyl (C=O) groups is 1. The van der Waals surface area contributed by atoms with Crippen LogP contribution >= 0.6 is 0 Å². The second-order valence-electron chi connectivity index (χ2n) is 0.283. The zero-order chi connectivity index (χ0) is 3.58. The molecule has 0 saturated heterocycles. The molecule has 6 heavy (non-hydrogen) atoms. The molecule has 0 rings (SSSR count). The van der Waals surface area contributed by atoms with E-state index in [0.717, 1.165) is 0 Å². The van der Waals surface area contributed by atoms with Crippen molar-refractivity contribution in [2.45, 2.75) is 0 Å². The van der Waals surface area contributed by atoms with Gasteiger partial charge in [-0.2, -0.15) is 0 Å². The van der Waals surface area contributed by atoms with Crippen molar-refractivity contribution in [1.29, 1.82) is 0 Å². The van der Waals surface area contributed by atoms with Crippen LogP contribution in [-0.2, 0) is 0 Å². The Balaban J connectivity index is -0.0000000450. The van der Waals surface area contributed by atoms with Crippen molar-refractivity contribution in [1.82, 2.24) is 0 Å². The second kappa shape index (κ2) is 10.4. The third-order valence-corrected chi connectivity index (χ3v) is 0. The Morgan fingerprint density at radius 2 is 1.17 bits per heavy atom. The Labute approximate surface area is 116 Å². The normalized spacial score (nSPS) is 4.00. The molecule has 0 saturated carbocycles. The molecule has 0 aromatic carbocycles. The van der Waals surface area contributed by atoms with E-state index in [1.807, 2.05) is 0 Å². The summed E-state index contributed by atoms with van der Waals surface area (Å²) in [6.07, 6.45) is -1.83. The summed E-state index contributed by atoms with van der Waals surface area (Å²) in [6.45, 7) is 0. The molecule has 5 heteroatoms. The van der Waals surface area contributed by atoms with Gasteiger partial charge in [-0.15, -0.1) is 0 Å². The Hall–Kier alpha value is 2.41. The van der Waals surface area contributed by atoms with Gasteiger partial charge in [0.1, 0.15) is 0 Å². The number of hydrogen-bond acceptors (Lipinski definition) is 1. The van der Waals surface area contributed by atoms with Crippen LogP contribution in [0.2, 0.25) is 0 Å². The average molecular weight is 337 g/mol. The zero-order valence-corrected chi connectivity index (χ0v) is 12.1. The van der Waals surface area contributed by atoms with Crippen LogP contribution in [0.15, 0.2) is 0 Å². The van der Waals surface area contributed by atoms with Crippen molar-refractivity contribution in [3.63, 3.8) is 0 Å². The Bertz CT molecular complexity index is 31.8. The maximum Gasteiger partial charge on any atom is 0.503 e. The molecule has 3 nitrogen and oxygen atoms in total. The molecule has 0 atom stereocenters. The Kier molecular flexibility index (Phi) is 27.4. The van der Waals surface area contributed by atoms with Gasteiger partial charge in [0.05, 0.1) is 0 Å². The standard InChI is InChI=1S/CH2O3.2Ba/c2-1(3)4;;/h(H2,2,3,4);;. The molecule has 0 aromatic heterocycles. The van der Waals surface area contributed by atoms with E-state index in [-0.39, 0.29) is 97.8 Å². The molecule has 0 spiro atoms. The fraction of sp³-hybridized carbons (Fsp3) is 0. The van der Waals surface area contributed by atoms with Crippen molar-refractivity contribution in [3.05, 3.63) is 0 Å². The van der Waals surface area contributed by atoms with E-state index in [9.17, 15) is 0 Å². The first-order valence-electron chi connectivity index (χ1n) is 0.651. The van der Waals surface area contributed by atoms with Gasteiger partial charge < -0.3 is 10.2 Å². The van der Waals surface area contributed by atoms with Crippen LogP contribution in [0.5, 0.6) is 0 Å². The van der Waals surface area contributed by atoms with Crippen molar-refractivity contribution in [2.24, 2.45) is 0 Å². The van der Waals surface area contributed by atoms with Gasteiger partial charge in [-0.1, -0.05) is 0 Å². The molecule has 0 aliphatic carbocycles. The van der Waals surface area contributed by atoms with E-state index in [4.69, 9.17) is 15.0 Å². The molecule has 0 heterocycles. The van der Waals surface area contributed by atoms with Crippen LogP contribution in [0.3, 0.4) is 0 Å². The van der Waals surface area contributed by atoms with Crippen LogP contribution < -0.4 is 0 Å². The van der Waals surface area contributed by atoms with Gasteiger partial charge in [0, 0.05) is 97.8 Å². The summed E-state index contributed by atoms with van der Waals surface area (Å²) in [5.74, 6) is 0. The molecule has 4 radical (unpaired) electrons. The van der Waals surface area contributed by atoms with Crippen LogP contribution in [0.25, 0.3) is 0 Å². The van der Waals surface area contributed by atoms with E-state index >= 15 is 0 Å². The van der Waals surface area contributed by atoms with Crippen molar-refractivity contribution in [2.75, 3.05) is 0 Å². The Morgan fingerprint density at radius 1 is 1.17 bits per heavy atom. The summed E-state index contributed by atoms with van der Waals surface area (Å²) in [5.41, 5.74) is 0. The first-order valence-corrected chi connectivity index (χ1v) is 0.651. The second-order valence-corrected chi connectivity index (χ2v) is 0.283. The van der Waals surface area contributed by atoms with Crippen molar-refractivity contribution < 1.29 is 15.0 Å². The third-order valence-electron chi connectivity index (χ3n) is 0. The number of hydrogen-bond donors (Lipinski definition) is 2. The number of rotatable bonds is 0. The van der Waals surface area contributed by atoms with E-state index < -0.39 is 6.16 Å². The zero-order valence-electron chi connectivity index (χ0n) is 3.22. The van der Waals surface area contributed by atoms with Crippen molar-refractivity contribution in [3.8, 4) is 0 Å². The minimum Gasteiger partial charge on any atom is -0.450 e. The molecule has 0 amide bonds. The molecular weight excluding hydrogens is 335 g/mol. The average Bonchev–Trinajstić information content (AvgIpc) is 0.811. The van der Waals surface area contributed by atoms with Gasteiger partial charge in [0.2, 0.25) is 0 Å². The topological polar surface area (TPSA) is 57.5 Å². The van der Waals surface area contributed by atoms with Crippen molar-refractivity contribution >= 4 is 104 Å². The van der Waals surface area contributed by atoms with Gasteiger partial charge in [0.15, 0.2) is 0 Å². The molecule has 0 aliphatic heterocycles. The fourth-order valence-electron chi connectivity index (χ4n) is 0. The number of carboxylic acid groups (broad SMARTS) is 2.